The van der Waals surface area contributed by atoms with E-state index in [1.807, 2.05) is 13.8 Å². The van der Waals surface area contributed by atoms with Crippen LogP contribution >= 0.6 is 0 Å². The van der Waals surface area contributed by atoms with Gasteiger partial charge in [-0.05, 0) is 31.4 Å². The summed E-state index contributed by atoms with van der Waals surface area (Å²) in [5.41, 5.74) is 1.21. The summed E-state index contributed by atoms with van der Waals surface area (Å²) in [5, 5.41) is 11.8. The summed E-state index contributed by atoms with van der Waals surface area (Å²) >= 11 is 0. The number of hydrogen-bond donors (Lipinski definition) is 2. The molecule has 1 aliphatic rings. The van der Waals surface area contributed by atoms with Gasteiger partial charge in [0.15, 0.2) is 0 Å². The van der Waals surface area contributed by atoms with Crippen molar-refractivity contribution in [2.75, 3.05) is 32.8 Å². The van der Waals surface area contributed by atoms with Gasteiger partial charge in [-0.3, -0.25) is 14.5 Å². The van der Waals surface area contributed by atoms with Gasteiger partial charge in [0.2, 0.25) is 0 Å². The van der Waals surface area contributed by atoms with Crippen molar-refractivity contribution in [1.29, 1.82) is 0 Å². The molecule has 1 atom stereocenters. The Morgan fingerprint density at radius 2 is 1.85 bits per heavy atom. The van der Waals surface area contributed by atoms with Crippen LogP contribution in [0.4, 0.5) is 0 Å². The van der Waals surface area contributed by atoms with Gasteiger partial charge in [0.25, 0.3) is 11.5 Å². The average molecular weight is 379 g/mol. The Morgan fingerprint density at radius 3 is 2.41 bits per heavy atom. The van der Waals surface area contributed by atoms with E-state index in [2.05, 4.69) is 10.2 Å². The molecule has 0 bridgehead atoms. The van der Waals surface area contributed by atoms with Gasteiger partial charge in [0.05, 0.1) is 13.2 Å². The van der Waals surface area contributed by atoms with Crippen LogP contribution in [0.1, 0.15) is 35.5 Å². The lowest BCUT2D eigenvalue weighted by Gasteiger charge is -2.27. The van der Waals surface area contributed by atoms with Gasteiger partial charge < -0.3 is 19.7 Å². The third-order valence-corrected chi connectivity index (χ3v) is 5.02. The minimum Gasteiger partial charge on any atom is -0.480 e. The van der Waals surface area contributed by atoms with Crippen LogP contribution in [0, 0.1) is 19.8 Å². The third kappa shape index (κ3) is 5.17. The number of amides is 1. The van der Waals surface area contributed by atoms with E-state index in [-0.39, 0.29) is 11.5 Å². The molecule has 2 N–H and O–H groups in total. The molecule has 1 fully saturated rings. The Hall–Kier alpha value is -2.19. The number of hydrogen-bond acceptors (Lipinski definition) is 5. The summed E-state index contributed by atoms with van der Waals surface area (Å²) in [4.78, 5) is 39.0. The molecule has 8 nitrogen and oxygen atoms in total. The van der Waals surface area contributed by atoms with Gasteiger partial charge in [-0.1, -0.05) is 13.8 Å². The van der Waals surface area contributed by atoms with Crippen molar-refractivity contribution >= 4 is 11.9 Å². The van der Waals surface area contributed by atoms with Gasteiger partial charge in [0.1, 0.15) is 11.6 Å². The van der Waals surface area contributed by atoms with Crippen LogP contribution in [0.15, 0.2) is 10.9 Å². The molecule has 150 valence electrons. The number of aliphatic carboxylic acids is 1. The number of ether oxygens (including phenoxy) is 1. The molecule has 2 rings (SSSR count). The predicted molar refractivity (Wildman–Crippen MR) is 101 cm³/mol. The SMILES string of the molecule is Cc1cc(C(=O)N[C@@H](C(=O)O)C(C)C)c(=O)n(CCN2CCOCC2)c1C. The summed E-state index contributed by atoms with van der Waals surface area (Å²) in [5.74, 6) is -2.05. The first-order valence-electron chi connectivity index (χ1n) is 9.27. The monoisotopic (exact) mass is 379 g/mol. The van der Waals surface area contributed by atoms with Crippen molar-refractivity contribution in [2.45, 2.75) is 40.3 Å². The molecule has 1 saturated heterocycles. The lowest BCUT2D eigenvalue weighted by atomic mass is 10.0. The second kappa shape index (κ2) is 9.14. The number of nitrogens with one attached hydrogen (secondary N) is 1. The minimum atomic E-state index is -1.12. The number of aromatic nitrogens is 1. The van der Waals surface area contributed by atoms with Crippen molar-refractivity contribution in [3.05, 3.63) is 33.2 Å². The highest BCUT2D eigenvalue weighted by atomic mass is 16.5. The summed E-state index contributed by atoms with van der Waals surface area (Å²) in [7, 11) is 0. The lowest BCUT2D eigenvalue weighted by molar-refractivity contribution is -0.140. The highest BCUT2D eigenvalue weighted by Crippen LogP contribution is 2.09. The van der Waals surface area contributed by atoms with Crippen LogP contribution in [0.3, 0.4) is 0 Å². The normalized spacial score (nSPS) is 16.3. The Balaban J connectivity index is 2.24. The Morgan fingerprint density at radius 1 is 1.22 bits per heavy atom. The van der Waals surface area contributed by atoms with Gasteiger partial charge in [-0.25, -0.2) is 4.79 Å². The summed E-state index contributed by atoms with van der Waals surface area (Å²) in [6.07, 6.45) is 0. The summed E-state index contributed by atoms with van der Waals surface area (Å²) < 4.78 is 6.94. The number of nitrogens with zero attached hydrogens (tertiary/aromatic N) is 2. The Bertz CT molecular complexity index is 750. The van der Waals surface area contributed by atoms with E-state index in [9.17, 15) is 19.5 Å². The lowest BCUT2D eigenvalue weighted by Crippen LogP contribution is -2.46. The van der Waals surface area contributed by atoms with Crippen LogP contribution in [0.2, 0.25) is 0 Å². The first kappa shape index (κ1) is 21.1. The molecule has 0 spiro atoms. The molecule has 1 aromatic heterocycles. The number of pyridine rings is 1. The number of morpholine rings is 1. The second-order valence-corrected chi connectivity index (χ2v) is 7.27. The smallest absolute Gasteiger partial charge is 0.326 e. The van der Waals surface area contributed by atoms with E-state index in [1.54, 1.807) is 18.4 Å². The maximum atomic E-state index is 12.9. The fraction of sp³-hybridized carbons (Fsp3) is 0.632. The van der Waals surface area contributed by atoms with E-state index in [1.165, 1.54) is 6.07 Å². The number of aryl methyl sites for hydroxylation is 1. The summed E-state index contributed by atoms with van der Waals surface area (Å²) in [6.45, 7) is 11.3. The molecular formula is C19H29N3O5. The van der Waals surface area contributed by atoms with Gasteiger partial charge in [0, 0.05) is 31.9 Å². The van der Waals surface area contributed by atoms with Crippen molar-refractivity contribution in [3.63, 3.8) is 0 Å². The highest BCUT2D eigenvalue weighted by Gasteiger charge is 2.26. The predicted octanol–water partition coefficient (Wildman–Crippen LogP) is 0.636. The van der Waals surface area contributed by atoms with Gasteiger partial charge in [-0.2, -0.15) is 0 Å². The first-order chi connectivity index (χ1) is 12.7. The number of carboxylic acids is 1. The zero-order valence-corrected chi connectivity index (χ0v) is 16.4. The number of carboxylic acid groups (broad SMARTS) is 1. The van der Waals surface area contributed by atoms with E-state index in [0.717, 1.165) is 24.3 Å². The molecule has 1 aliphatic heterocycles. The topological polar surface area (TPSA) is 101 Å². The molecular weight excluding hydrogens is 350 g/mol. The molecule has 0 unspecified atom stereocenters. The van der Waals surface area contributed by atoms with E-state index >= 15 is 0 Å². The first-order valence-corrected chi connectivity index (χ1v) is 9.27. The van der Waals surface area contributed by atoms with Crippen LogP contribution in [-0.2, 0) is 16.1 Å². The standard InChI is InChI=1S/C19H29N3O5/c1-12(2)16(19(25)26)20-17(23)15-11-13(3)14(4)22(18(15)24)6-5-21-7-9-27-10-8-21/h11-12,16H,5-10H2,1-4H3,(H,20,23)(H,25,26)/t16-/m1/s1. The molecule has 2 heterocycles. The van der Waals surface area contributed by atoms with Gasteiger partial charge in [-0.15, -0.1) is 0 Å². The van der Waals surface area contributed by atoms with E-state index in [4.69, 9.17) is 4.74 Å². The molecule has 0 radical (unpaired) electrons. The van der Waals surface area contributed by atoms with Crippen LogP contribution < -0.4 is 10.9 Å². The van der Waals surface area contributed by atoms with Crippen LogP contribution in [-0.4, -0.2) is 65.3 Å². The number of rotatable bonds is 7. The van der Waals surface area contributed by atoms with Crippen molar-refractivity contribution in [2.24, 2.45) is 5.92 Å². The third-order valence-electron chi connectivity index (χ3n) is 5.02. The minimum absolute atomic E-state index is 0.0213. The Kier molecular flexibility index (Phi) is 7.15. The van der Waals surface area contributed by atoms with E-state index < -0.39 is 23.5 Å². The van der Waals surface area contributed by atoms with Crippen LogP contribution in [0.25, 0.3) is 0 Å². The number of carbonyl (C=O) groups excluding carboxylic acids is 1. The molecule has 27 heavy (non-hydrogen) atoms. The quantitative estimate of drug-likeness (QED) is 0.721. The maximum Gasteiger partial charge on any atom is 0.326 e. The fourth-order valence-corrected chi connectivity index (χ4v) is 3.12. The molecule has 8 heteroatoms. The fourth-order valence-electron chi connectivity index (χ4n) is 3.12. The Labute approximate surface area is 159 Å². The average Bonchev–Trinajstić information content (AvgIpc) is 2.62. The van der Waals surface area contributed by atoms with Crippen molar-refractivity contribution < 1.29 is 19.4 Å². The molecule has 0 aliphatic carbocycles. The number of carbonyl (C=O) groups is 2. The zero-order valence-electron chi connectivity index (χ0n) is 16.4. The highest BCUT2D eigenvalue weighted by molar-refractivity contribution is 5.96. The van der Waals surface area contributed by atoms with Crippen molar-refractivity contribution in [1.82, 2.24) is 14.8 Å². The van der Waals surface area contributed by atoms with E-state index in [0.29, 0.717) is 26.3 Å². The molecule has 1 amide bonds. The van der Waals surface area contributed by atoms with Crippen LogP contribution in [0.5, 0.6) is 0 Å². The molecule has 0 aromatic carbocycles. The van der Waals surface area contributed by atoms with Crippen molar-refractivity contribution in [3.8, 4) is 0 Å². The zero-order chi connectivity index (χ0) is 20.1. The molecule has 1 aromatic rings. The molecule has 0 saturated carbocycles. The largest absolute Gasteiger partial charge is 0.480 e. The maximum absolute atomic E-state index is 12.9. The summed E-state index contributed by atoms with van der Waals surface area (Å²) in [6, 6.07) is 0.498. The van der Waals surface area contributed by atoms with Gasteiger partial charge >= 0.3 is 5.97 Å². The second-order valence-electron chi connectivity index (χ2n) is 7.27.